The predicted molar refractivity (Wildman–Crippen MR) is 96.1 cm³/mol. The van der Waals surface area contributed by atoms with Crippen molar-refractivity contribution in [3.63, 3.8) is 0 Å². The zero-order chi connectivity index (χ0) is 19.1. The van der Waals surface area contributed by atoms with E-state index in [1.54, 1.807) is 18.2 Å². The van der Waals surface area contributed by atoms with Crippen LogP contribution in [-0.4, -0.2) is 37.0 Å². The van der Waals surface area contributed by atoms with Crippen molar-refractivity contribution in [3.05, 3.63) is 40.5 Å². The van der Waals surface area contributed by atoms with Gasteiger partial charge in [0.25, 0.3) is 0 Å². The largest absolute Gasteiger partial charge is 0.504 e. The molecule has 1 aliphatic heterocycles. The number of benzene rings is 2. The molecule has 7 heteroatoms. The van der Waals surface area contributed by atoms with Crippen LogP contribution in [0.5, 0.6) is 34.5 Å². The molecule has 2 aromatic carbocycles. The summed E-state index contributed by atoms with van der Waals surface area (Å²) in [5, 5.41) is 20.3. The first-order chi connectivity index (χ1) is 13.0. The number of methoxy groups -OCH3 is 2. The summed E-state index contributed by atoms with van der Waals surface area (Å²) < 4.78 is 21.2. The molecule has 0 bridgehead atoms. The SMILES string of the molecule is COc1cc(/C=C2\CCc3c(OC)c4c(c(O)c3C2=O)OCO4)ccc1O. The van der Waals surface area contributed by atoms with Crippen LogP contribution in [-0.2, 0) is 6.42 Å². The molecule has 140 valence electrons. The van der Waals surface area contributed by atoms with E-state index >= 15 is 0 Å². The van der Waals surface area contributed by atoms with Crippen LogP contribution >= 0.6 is 0 Å². The van der Waals surface area contributed by atoms with Gasteiger partial charge in [-0.25, -0.2) is 0 Å². The van der Waals surface area contributed by atoms with Crippen LogP contribution in [0.4, 0.5) is 0 Å². The first-order valence-corrected chi connectivity index (χ1v) is 8.38. The van der Waals surface area contributed by atoms with E-state index in [9.17, 15) is 15.0 Å². The monoisotopic (exact) mass is 370 g/mol. The maximum Gasteiger partial charge on any atom is 0.231 e. The van der Waals surface area contributed by atoms with Gasteiger partial charge in [-0.1, -0.05) is 6.07 Å². The summed E-state index contributed by atoms with van der Waals surface area (Å²) in [6.45, 7) is -0.0354. The normalized spacial score (nSPS) is 16.4. The minimum absolute atomic E-state index is 0.0232. The number of ether oxygens (including phenoxy) is 4. The summed E-state index contributed by atoms with van der Waals surface area (Å²) in [5.74, 6) is 0.711. The molecular weight excluding hydrogens is 352 g/mol. The van der Waals surface area contributed by atoms with Crippen LogP contribution in [0.2, 0.25) is 0 Å². The Balaban J connectivity index is 1.80. The van der Waals surface area contributed by atoms with E-state index in [0.29, 0.717) is 46.8 Å². The number of allylic oxidation sites excluding steroid dienone is 1. The molecule has 0 unspecified atom stereocenters. The molecule has 0 spiro atoms. The molecule has 4 rings (SSSR count). The summed E-state index contributed by atoms with van der Waals surface area (Å²) in [4.78, 5) is 13.1. The van der Waals surface area contributed by atoms with E-state index < -0.39 is 0 Å². The van der Waals surface area contributed by atoms with Crippen molar-refractivity contribution < 1.29 is 34.0 Å². The van der Waals surface area contributed by atoms with Crippen molar-refractivity contribution >= 4 is 11.9 Å². The van der Waals surface area contributed by atoms with Crippen LogP contribution < -0.4 is 18.9 Å². The van der Waals surface area contributed by atoms with Gasteiger partial charge < -0.3 is 29.2 Å². The fraction of sp³-hybridized carbons (Fsp3) is 0.250. The highest BCUT2D eigenvalue weighted by molar-refractivity contribution is 6.16. The van der Waals surface area contributed by atoms with Gasteiger partial charge in [-0.2, -0.15) is 0 Å². The molecule has 0 atom stereocenters. The third-order valence-corrected chi connectivity index (χ3v) is 4.76. The summed E-state index contributed by atoms with van der Waals surface area (Å²) in [7, 11) is 2.95. The van der Waals surface area contributed by atoms with Crippen molar-refractivity contribution in [1.82, 2.24) is 0 Å². The number of phenolic OH excluding ortho intramolecular Hbond substituents is 2. The lowest BCUT2D eigenvalue weighted by molar-refractivity contribution is 0.102. The van der Waals surface area contributed by atoms with Crippen molar-refractivity contribution in [2.24, 2.45) is 0 Å². The maximum atomic E-state index is 13.1. The fourth-order valence-corrected chi connectivity index (χ4v) is 3.49. The highest BCUT2D eigenvalue weighted by Crippen LogP contribution is 2.53. The van der Waals surface area contributed by atoms with Gasteiger partial charge >= 0.3 is 0 Å². The number of carbonyl (C=O) groups is 1. The van der Waals surface area contributed by atoms with Crippen molar-refractivity contribution in [2.75, 3.05) is 21.0 Å². The second-order valence-corrected chi connectivity index (χ2v) is 6.23. The second kappa shape index (κ2) is 6.42. The fourth-order valence-electron chi connectivity index (χ4n) is 3.49. The van der Waals surface area contributed by atoms with Crippen LogP contribution in [0, 0.1) is 0 Å². The van der Waals surface area contributed by atoms with E-state index in [-0.39, 0.29) is 35.4 Å². The highest BCUT2D eigenvalue weighted by Gasteiger charge is 2.36. The third-order valence-electron chi connectivity index (χ3n) is 4.76. The number of hydrogen-bond donors (Lipinski definition) is 2. The van der Waals surface area contributed by atoms with Gasteiger partial charge in [0.1, 0.15) is 0 Å². The van der Waals surface area contributed by atoms with Gasteiger partial charge in [0.2, 0.25) is 18.3 Å². The highest BCUT2D eigenvalue weighted by atomic mass is 16.7. The zero-order valence-electron chi connectivity index (χ0n) is 14.9. The molecule has 2 N–H and O–H groups in total. The van der Waals surface area contributed by atoms with E-state index in [1.165, 1.54) is 20.3 Å². The first-order valence-electron chi connectivity index (χ1n) is 8.38. The number of phenols is 2. The topological polar surface area (TPSA) is 94.5 Å². The summed E-state index contributed by atoms with van der Waals surface area (Å²) in [5.41, 5.74) is 2.04. The molecule has 1 heterocycles. The van der Waals surface area contributed by atoms with Gasteiger partial charge in [0, 0.05) is 11.1 Å². The Morgan fingerprint density at radius 1 is 1.07 bits per heavy atom. The Hall–Kier alpha value is -3.35. The molecule has 0 aromatic heterocycles. The average molecular weight is 370 g/mol. The number of rotatable bonds is 3. The number of hydrogen-bond acceptors (Lipinski definition) is 7. The van der Waals surface area contributed by atoms with Crippen LogP contribution in [0.1, 0.15) is 27.9 Å². The Kier molecular flexibility index (Phi) is 4.07. The maximum absolute atomic E-state index is 13.1. The standard InChI is InChI=1S/C20H18O7/c1-24-14-8-10(3-6-13(14)21)7-11-4-5-12-15(16(11)22)17(23)19-20(18(12)25-2)27-9-26-19/h3,6-8,21,23H,4-5,9H2,1-2H3/b11-7+. The molecule has 1 aliphatic carbocycles. The van der Waals surface area contributed by atoms with Crippen LogP contribution in [0.3, 0.4) is 0 Å². The zero-order valence-corrected chi connectivity index (χ0v) is 14.9. The molecule has 0 fully saturated rings. The molecular formula is C20H18O7. The first kappa shape index (κ1) is 17.1. The van der Waals surface area contributed by atoms with Gasteiger partial charge in [-0.05, 0) is 36.6 Å². The Morgan fingerprint density at radius 2 is 1.85 bits per heavy atom. The number of aromatic hydroxyl groups is 2. The molecule has 2 aromatic rings. The minimum atomic E-state index is -0.294. The quantitative estimate of drug-likeness (QED) is 0.802. The second-order valence-electron chi connectivity index (χ2n) is 6.23. The number of carbonyl (C=O) groups excluding carboxylic acids is 1. The molecule has 0 amide bonds. The summed E-state index contributed by atoms with van der Waals surface area (Å²) >= 11 is 0. The Bertz CT molecular complexity index is 975. The van der Waals surface area contributed by atoms with Crippen molar-refractivity contribution in [1.29, 1.82) is 0 Å². The van der Waals surface area contributed by atoms with Crippen molar-refractivity contribution in [3.8, 4) is 34.5 Å². The molecule has 2 aliphatic rings. The number of fused-ring (bicyclic) bond motifs is 2. The van der Waals surface area contributed by atoms with E-state index in [2.05, 4.69) is 0 Å². The minimum Gasteiger partial charge on any atom is -0.504 e. The molecule has 0 saturated heterocycles. The lowest BCUT2D eigenvalue weighted by Gasteiger charge is -2.22. The Labute approximate surface area is 155 Å². The number of ketones is 1. The predicted octanol–water partition coefficient (Wildman–Crippen LogP) is 3.06. The average Bonchev–Trinajstić information content (AvgIpc) is 3.15. The lowest BCUT2D eigenvalue weighted by Crippen LogP contribution is -2.16. The van der Waals surface area contributed by atoms with Crippen LogP contribution in [0.15, 0.2) is 23.8 Å². The van der Waals surface area contributed by atoms with Gasteiger partial charge in [0.05, 0.1) is 19.8 Å². The molecule has 0 saturated carbocycles. The summed E-state index contributed by atoms with van der Waals surface area (Å²) in [6.07, 6.45) is 2.71. The van der Waals surface area contributed by atoms with Gasteiger partial charge in [0.15, 0.2) is 28.8 Å². The third kappa shape index (κ3) is 2.63. The van der Waals surface area contributed by atoms with Crippen LogP contribution in [0.25, 0.3) is 6.08 Å². The summed E-state index contributed by atoms with van der Waals surface area (Å²) in [6, 6.07) is 4.84. The van der Waals surface area contributed by atoms with E-state index in [4.69, 9.17) is 18.9 Å². The van der Waals surface area contributed by atoms with E-state index in [0.717, 1.165) is 0 Å². The smallest absolute Gasteiger partial charge is 0.231 e. The number of Topliss-reactive ketones (excluding diaryl/α,β-unsaturated/α-hetero) is 1. The van der Waals surface area contributed by atoms with Gasteiger partial charge in [-0.15, -0.1) is 0 Å². The van der Waals surface area contributed by atoms with Gasteiger partial charge in [-0.3, -0.25) is 4.79 Å². The molecule has 7 nitrogen and oxygen atoms in total. The molecule has 27 heavy (non-hydrogen) atoms. The molecule has 0 radical (unpaired) electrons. The van der Waals surface area contributed by atoms with Crippen molar-refractivity contribution in [2.45, 2.75) is 12.8 Å². The lowest BCUT2D eigenvalue weighted by atomic mass is 9.84. The van der Waals surface area contributed by atoms with E-state index in [1.807, 2.05) is 0 Å². The Morgan fingerprint density at radius 3 is 2.59 bits per heavy atom.